The van der Waals surface area contributed by atoms with Crippen LogP contribution in [0.25, 0.3) is 0 Å². The summed E-state index contributed by atoms with van der Waals surface area (Å²) < 4.78 is 2.03. The predicted molar refractivity (Wildman–Crippen MR) is 52.3 cm³/mol. The van der Waals surface area contributed by atoms with E-state index in [-0.39, 0.29) is 0 Å². The summed E-state index contributed by atoms with van der Waals surface area (Å²) in [5, 5.41) is 7.73. The van der Waals surface area contributed by atoms with Crippen LogP contribution in [0.15, 0.2) is 12.3 Å². The van der Waals surface area contributed by atoms with Crippen molar-refractivity contribution in [2.24, 2.45) is 5.41 Å². The van der Waals surface area contributed by atoms with Gasteiger partial charge in [-0.2, -0.15) is 5.10 Å². The van der Waals surface area contributed by atoms with Gasteiger partial charge in [0.2, 0.25) is 0 Å². The first kappa shape index (κ1) is 8.75. The van der Waals surface area contributed by atoms with Crippen LogP contribution < -0.4 is 5.32 Å². The van der Waals surface area contributed by atoms with Crippen LogP contribution in [0, 0.1) is 5.41 Å². The Morgan fingerprint density at radius 2 is 2.31 bits per heavy atom. The van der Waals surface area contributed by atoms with Crippen LogP contribution in [0.3, 0.4) is 0 Å². The molecule has 0 unspecified atom stereocenters. The number of hydrogen-bond donors (Lipinski definition) is 1. The fraction of sp³-hybridized carbons (Fsp3) is 0.700. The summed E-state index contributed by atoms with van der Waals surface area (Å²) in [6.07, 6.45) is 2.96. The Labute approximate surface area is 79.1 Å². The smallest absolute Gasteiger partial charge is 0.0909 e. The third-order valence-corrected chi connectivity index (χ3v) is 2.75. The van der Waals surface area contributed by atoms with Crippen molar-refractivity contribution in [1.82, 2.24) is 15.1 Å². The monoisotopic (exact) mass is 179 g/mol. The molecular formula is C10H17N3. The first-order chi connectivity index (χ1) is 6.07. The summed E-state index contributed by atoms with van der Waals surface area (Å²) in [4.78, 5) is 0. The molecule has 3 nitrogen and oxygen atoms in total. The molecule has 0 amide bonds. The highest BCUT2D eigenvalue weighted by atomic mass is 15.3. The van der Waals surface area contributed by atoms with Gasteiger partial charge in [0.25, 0.3) is 0 Å². The Bertz CT molecular complexity index is 295. The van der Waals surface area contributed by atoms with Crippen molar-refractivity contribution in [3.05, 3.63) is 18.0 Å². The van der Waals surface area contributed by atoms with Gasteiger partial charge in [-0.05, 0) is 11.5 Å². The molecular weight excluding hydrogens is 162 g/mol. The van der Waals surface area contributed by atoms with Gasteiger partial charge in [0, 0.05) is 24.4 Å². The number of aromatic nitrogens is 2. The van der Waals surface area contributed by atoms with Crippen molar-refractivity contribution >= 4 is 0 Å². The predicted octanol–water partition coefficient (Wildman–Crippen LogP) is 1.40. The third kappa shape index (κ3) is 1.61. The zero-order valence-corrected chi connectivity index (χ0v) is 8.54. The molecule has 3 heteroatoms. The molecule has 1 atom stereocenters. The summed E-state index contributed by atoms with van der Waals surface area (Å²) in [7, 11) is 0. The number of nitrogens with one attached hydrogen (secondary N) is 1. The van der Waals surface area contributed by atoms with E-state index in [2.05, 4.69) is 37.3 Å². The van der Waals surface area contributed by atoms with Crippen LogP contribution in [0.5, 0.6) is 0 Å². The zero-order chi connectivity index (χ0) is 9.47. The summed E-state index contributed by atoms with van der Waals surface area (Å²) in [6.45, 7) is 7.67. The van der Waals surface area contributed by atoms with Crippen LogP contribution >= 0.6 is 0 Å². The minimum Gasteiger partial charge on any atom is -0.295 e. The maximum atomic E-state index is 4.23. The molecule has 0 fully saturated rings. The van der Waals surface area contributed by atoms with Crippen molar-refractivity contribution in [3.63, 3.8) is 0 Å². The Morgan fingerprint density at radius 1 is 1.54 bits per heavy atom. The van der Waals surface area contributed by atoms with Gasteiger partial charge in [-0.1, -0.05) is 20.8 Å². The van der Waals surface area contributed by atoms with E-state index in [1.165, 1.54) is 5.69 Å². The molecule has 0 aliphatic carbocycles. The Morgan fingerprint density at radius 3 is 3.00 bits per heavy atom. The van der Waals surface area contributed by atoms with Crippen LogP contribution in [0.2, 0.25) is 0 Å². The number of rotatable bonds is 0. The van der Waals surface area contributed by atoms with E-state index < -0.39 is 0 Å². The van der Waals surface area contributed by atoms with Gasteiger partial charge in [0.15, 0.2) is 0 Å². The second kappa shape index (κ2) is 2.84. The Kier molecular flexibility index (Phi) is 1.91. The molecule has 1 aromatic rings. The molecule has 1 aliphatic heterocycles. The maximum Gasteiger partial charge on any atom is 0.0909 e. The molecule has 0 bridgehead atoms. The minimum absolute atomic E-state index is 0.329. The van der Waals surface area contributed by atoms with Gasteiger partial charge >= 0.3 is 0 Å². The molecule has 0 saturated carbocycles. The van der Waals surface area contributed by atoms with Crippen molar-refractivity contribution in [2.45, 2.75) is 39.9 Å². The van der Waals surface area contributed by atoms with E-state index in [4.69, 9.17) is 0 Å². The molecule has 2 rings (SSSR count). The lowest BCUT2D eigenvalue weighted by atomic mass is 9.83. The topological polar surface area (TPSA) is 29.9 Å². The van der Waals surface area contributed by atoms with Gasteiger partial charge in [-0.25, -0.2) is 0 Å². The molecule has 2 heterocycles. The van der Waals surface area contributed by atoms with Gasteiger partial charge in [-0.15, -0.1) is 0 Å². The molecule has 1 aromatic heterocycles. The lowest BCUT2D eigenvalue weighted by Gasteiger charge is -2.35. The summed E-state index contributed by atoms with van der Waals surface area (Å²) in [5.41, 5.74) is 1.67. The molecule has 0 aromatic carbocycles. The first-order valence-electron chi connectivity index (χ1n) is 4.81. The first-order valence-corrected chi connectivity index (χ1v) is 4.81. The van der Waals surface area contributed by atoms with Crippen molar-refractivity contribution in [1.29, 1.82) is 0 Å². The van der Waals surface area contributed by atoms with E-state index in [1.54, 1.807) is 0 Å². The largest absolute Gasteiger partial charge is 0.295 e. The highest BCUT2D eigenvalue weighted by Gasteiger charge is 2.28. The van der Waals surface area contributed by atoms with Gasteiger partial charge in [0.1, 0.15) is 0 Å². The van der Waals surface area contributed by atoms with Crippen LogP contribution in [-0.4, -0.2) is 15.8 Å². The zero-order valence-electron chi connectivity index (χ0n) is 8.54. The maximum absolute atomic E-state index is 4.23. The van der Waals surface area contributed by atoms with Crippen molar-refractivity contribution in [2.75, 3.05) is 0 Å². The van der Waals surface area contributed by atoms with E-state index in [1.807, 2.05) is 10.9 Å². The average molecular weight is 179 g/mol. The third-order valence-electron chi connectivity index (χ3n) is 2.75. The number of nitrogens with zero attached hydrogens (tertiary/aromatic N) is 2. The van der Waals surface area contributed by atoms with Crippen LogP contribution in [-0.2, 0) is 13.1 Å². The highest BCUT2D eigenvalue weighted by Crippen LogP contribution is 2.24. The summed E-state index contributed by atoms with van der Waals surface area (Å²) >= 11 is 0. The van der Waals surface area contributed by atoms with Crippen molar-refractivity contribution < 1.29 is 0 Å². The molecule has 1 N–H and O–H groups in total. The lowest BCUT2D eigenvalue weighted by Crippen LogP contribution is -2.46. The second-order valence-corrected chi connectivity index (χ2v) is 4.81. The fourth-order valence-corrected chi connectivity index (χ4v) is 1.77. The molecule has 0 radical (unpaired) electrons. The minimum atomic E-state index is 0.329. The van der Waals surface area contributed by atoms with E-state index >= 15 is 0 Å². The Hall–Kier alpha value is -0.830. The lowest BCUT2D eigenvalue weighted by molar-refractivity contribution is 0.220. The normalized spacial score (nSPS) is 22.8. The fourth-order valence-electron chi connectivity index (χ4n) is 1.77. The van der Waals surface area contributed by atoms with E-state index in [0.29, 0.717) is 11.5 Å². The molecule has 13 heavy (non-hydrogen) atoms. The summed E-state index contributed by atoms with van der Waals surface area (Å²) in [6, 6.07) is 2.68. The molecule has 72 valence electrons. The van der Waals surface area contributed by atoms with Gasteiger partial charge in [-0.3, -0.25) is 10.00 Å². The number of fused-ring (bicyclic) bond motifs is 1. The van der Waals surface area contributed by atoms with E-state index in [9.17, 15) is 0 Å². The molecule has 0 saturated heterocycles. The highest BCUT2D eigenvalue weighted by molar-refractivity contribution is 5.06. The number of hydrogen-bond acceptors (Lipinski definition) is 2. The van der Waals surface area contributed by atoms with Crippen LogP contribution in [0.4, 0.5) is 0 Å². The standard InChI is InChI=1S/C10H17N3/c1-10(2,3)9-6-8-4-5-12-13(8)7-11-9/h4-5,9,11H,6-7H2,1-3H3/t9-/m0/s1. The van der Waals surface area contributed by atoms with E-state index in [0.717, 1.165) is 13.1 Å². The van der Waals surface area contributed by atoms with Gasteiger partial charge < -0.3 is 0 Å². The SMILES string of the molecule is CC(C)(C)[C@@H]1Cc2ccnn2CN1. The van der Waals surface area contributed by atoms with Crippen molar-refractivity contribution in [3.8, 4) is 0 Å². The average Bonchev–Trinajstić information content (AvgIpc) is 2.47. The quantitative estimate of drug-likeness (QED) is 0.652. The van der Waals surface area contributed by atoms with Gasteiger partial charge in [0.05, 0.1) is 6.67 Å². The summed E-state index contributed by atoms with van der Waals surface area (Å²) in [5.74, 6) is 0. The molecule has 0 spiro atoms. The van der Waals surface area contributed by atoms with Crippen LogP contribution in [0.1, 0.15) is 26.5 Å². The molecule has 1 aliphatic rings. The Balaban J connectivity index is 2.18. The second-order valence-electron chi connectivity index (χ2n) is 4.81.